The van der Waals surface area contributed by atoms with Gasteiger partial charge in [-0.05, 0) is 13.8 Å². The Bertz CT molecular complexity index is 569. The van der Waals surface area contributed by atoms with Crippen LogP contribution < -0.4 is 0 Å². The summed E-state index contributed by atoms with van der Waals surface area (Å²) in [4.78, 5) is 0. The summed E-state index contributed by atoms with van der Waals surface area (Å²) < 4.78 is 47.4. The van der Waals surface area contributed by atoms with Gasteiger partial charge in [-0.2, -0.15) is 8.42 Å². The van der Waals surface area contributed by atoms with Crippen LogP contribution in [0.2, 0.25) is 0 Å². The van der Waals surface area contributed by atoms with Crippen LogP contribution in [0.5, 0.6) is 0 Å². The molecule has 13 heteroatoms. The molecule has 2 unspecified atom stereocenters. The summed E-state index contributed by atoms with van der Waals surface area (Å²) in [6.07, 6.45) is -14.7. The van der Waals surface area contributed by atoms with Gasteiger partial charge in [0, 0.05) is 0 Å². The highest BCUT2D eigenvalue weighted by atomic mass is 32.3. The Morgan fingerprint density at radius 1 is 0.808 bits per heavy atom. The number of rotatable bonds is 5. The zero-order valence-corrected chi connectivity index (χ0v) is 15.1. The predicted octanol–water partition coefficient (Wildman–Crippen LogP) is -3.43. The van der Waals surface area contributed by atoms with Crippen LogP contribution in [0.1, 0.15) is 13.8 Å². The Kier molecular flexibility index (Phi) is 6.96. The molecular formula is C13H24O12S. The molecular weight excluding hydrogens is 380 g/mol. The second-order valence-electron chi connectivity index (χ2n) is 6.14. The summed E-state index contributed by atoms with van der Waals surface area (Å²) in [6.45, 7) is 2.77. The number of aliphatic hydroxyl groups is 5. The number of hydrogen-bond acceptors (Lipinski definition) is 12. The smallest absolute Gasteiger partial charge is 0.388 e. The van der Waals surface area contributed by atoms with E-state index in [1.54, 1.807) is 0 Å². The average Bonchev–Trinajstić information content (AvgIpc) is 2.57. The first-order valence-electron chi connectivity index (χ1n) is 7.84. The first kappa shape index (κ1) is 21.8. The van der Waals surface area contributed by atoms with Gasteiger partial charge in [-0.15, -0.1) is 0 Å². The fourth-order valence-electron chi connectivity index (χ4n) is 2.75. The number of aliphatic hydroxyl groups excluding tert-OH is 5. The van der Waals surface area contributed by atoms with Gasteiger partial charge in [0.15, 0.2) is 12.6 Å². The van der Waals surface area contributed by atoms with Crippen molar-refractivity contribution in [3.63, 3.8) is 0 Å². The Labute approximate surface area is 150 Å². The highest BCUT2D eigenvalue weighted by Crippen LogP contribution is 2.30. The van der Waals surface area contributed by atoms with Gasteiger partial charge >= 0.3 is 10.4 Å². The SMILES string of the molecule is COS(=O)(=O)O[C@@H]1[C@H](O)[C@@H](OC2O[C@H](C)[C@H](O)[C@H](O)[C@H]2O)C(O)O[C@@H]1C. The van der Waals surface area contributed by atoms with Gasteiger partial charge in [0.05, 0.1) is 19.3 Å². The van der Waals surface area contributed by atoms with Crippen molar-refractivity contribution in [1.29, 1.82) is 0 Å². The third-order valence-electron chi connectivity index (χ3n) is 4.30. The molecule has 26 heavy (non-hydrogen) atoms. The van der Waals surface area contributed by atoms with Gasteiger partial charge in [0.2, 0.25) is 0 Å². The molecule has 12 nitrogen and oxygen atoms in total. The summed E-state index contributed by atoms with van der Waals surface area (Å²) in [5.74, 6) is 0. The fourth-order valence-corrected chi connectivity index (χ4v) is 3.37. The van der Waals surface area contributed by atoms with E-state index in [1.165, 1.54) is 13.8 Å². The van der Waals surface area contributed by atoms with Crippen LogP contribution in [0.15, 0.2) is 0 Å². The molecule has 2 aliphatic heterocycles. The van der Waals surface area contributed by atoms with Crippen LogP contribution in [-0.4, -0.2) is 102 Å². The largest absolute Gasteiger partial charge is 0.400 e. The van der Waals surface area contributed by atoms with E-state index in [9.17, 15) is 34.0 Å². The lowest BCUT2D eigenvalue weighted by Gasteiger charge is -2.44. The van der Waals surface area contributed by atoms with E-state index in [-0.39, 0.29) is 0 Å². The molecule has 0 spiro atoms. The molecule has 2 aliphatic rings. The van der Waals surface area contributed by atoms with Gasteiger partial charge in [-0.25, -0.2) is 4.18 Å². The van der Waals surface area contributed by atoms with Gasteiger partial charge in [0.1, 0.15) is 36.6 Å². The van der Waals surface area contributed by atoms with Crippen LogP contribution in [-0.2, 0) is 33.0 Å². The lowest BCUT2D eigenvalue weighted by atomic mass is 9.98. The topological polar surface area (TPSA) is 181 Å². The van der Waals surface area contributed by atoms with Crippen molar-refractivity contribution in [3.05, 3.63) is 0 Å². The van der Waals surface area contributed by atoms with Crippen molar-refractivity contribution in [3.8, 4) is 0 Å². The molecule has 0 bridgehead atoms. The quantitative estimate of drug-likeness (QED) is 0.306. The summed E-state index contributed by atoms with van der Waals surface area (Å²) in [5.41, 5.74) is 0. The van der Waals surface area contributed by atoms with E-state index in [1.807, 2.05) is 0 Å². The van der Waals surface area contributed by atoms with Crippen molar-refractivity contribution < 1.29 is 56.5 Å². The van der Waals surface area contributed by atoms with Crippen molar-refractivity contribution >= 4 is 10.4 Å². The second-order valence-corrected chi connectivity index (χ2v) is 7.48. The van der Waals surface area contributed by atoms with E-state index in [4.69, 9.17) is 18.4 Å². The Morgan fingerprint density at radius 2 is 1.42 bits per heavy atom. The maximum Gasteiger partial charge on any atom is 0.400 e. The summed E-state index contributed by atoms with van der Waals surface area (Å²) in [6, 6.07) is 0. The van der Waals surface area contributed by atoms with Crippen LogP contribution in [0.4, 0.5) is 0 Å². The third-order valence-corrected chi connectivity index (χ3v) is 5.17. The molecule has 154 valence electrons. The van der Waals surface area contributed by atoms with Crippen molar-refractivity contribution in [2.75, 3.05) is 7.11 Å². The van der Waals surface area contributed by atoms with Crippen LogP contribution in [0.25, 0.3) is 0 Å². The minimum atomic E-state index is -4.43. The minimum absolute atomic E-state index is 0.860. The molecule has 5 N–H and O–H groups in total. The minimum Gasteiger partial charge on any atom is -0.388 e. The van der Waals surface area contributed by atoms with Crippen LogP contribution >= 0.6 is 0 Å². The van der Waals surface area contributed by atoms with Crippen molar-refractivity contribution in [2.45, 2.75) is 75.3 Å². The standard InChI is InChI=1S/C13H24O12S/c1-4-6(14)7(15)8(16)13(23-4)24-11-9(17)10(5(2)22-12(11)18)25-26(19,20)21-3/h4-18H,1-3H3/t4-,5-,6+,7+,8-,9+,10+,11-,12?,13?/m1/s1. The molecule has 0 radical (unpaired) electrons. The van der Waals surface area contributed by atoms with E-state index >= 15 is 0 Å². The number of ether oxygens (including phenoxy) is 3. The first-order valence-corrected chi connectivity index (χ1v) is 9.17. The Hall–Kier alpha value is -0.450. The molecule has 2 saturated heterocycles. The summed E-state index contributed by atoms with van der Waals surface area (Å²) >= 11 is 0. The third kappa shape index (κ3) is 4.51. The average molecular weight is 404 g/mol. The van der Waals surface area contributed by atoms with Crippen molar-refractivity contribution in [1.82, 2.24) is 0 Å². The van der Waals surface area contributed by atoms with Gasteiger partial charge in [-0.3, -0.25) is 4.18 Å². The zero-order chi connectivity index (χ0) is 19.8. The van der Waals surface area contributed by atoms with Gasteiger partial charge < -0.3 is 39.7 Å². The monoisotopic (exact) mass is 404 g/mol. The maximum absolute atomic E-state index is 11.5. The van der Waals surface area contributed by atoms with E-state index in [2.05, 4.69) is 4.18 Å². The molecule has 0 aromatic heterocycles. The molecule has 0 aliphatic carbocycles. The summed E-state index contributed by atoms with van der Waals surface area (Å²) in [7, 11) is -3.57. The van der Waals surface area contributed by atoms with E-state index in [0.717, 1.165) is 7.11 Å². The molecule has 0 aromatic rings. The Morgan fingerprint density at radius 3 is 2.00 bits per heavy atom. The van der Waals surface area contributed by atoms with E-state index in [0.29, 0.717) is 0 Å². The van der Waals surface area contributed by atoms with Crippen molar-refractivity contribution in [2.24, 2.45) is 0 Å². The van der Waals surface area contributed by atoms with Crippen LogP contribution in [0.3, 0.4) is 0 Å². The lowest BCUT2D eigenvalue weighted by Crippen LogP contribution is -2.63. The Balaban J connectivity index is 2.14. The highest BCUT2D eigenvalue weighted by Gasteiger charge is 2.50. The maximum atomic E-state index is 11.5. The molecule has 2 heterocycles. The molecule has 10 atom stereocenters. The lowest BCUT2D eigenvalue weighted by molar-refractivity contribution is -0.354. The second kappa shape index (κ2) is 8.28. The zero-order valence-electron chi connectivity index (χ0n) is 14.3. The molecule has 0 aromatic carbocycles. The molecule has 2 fully saturated rings. The fraction of sp³-hybridized carbons (Fsp3) is 1.00. The molecule has 0 amide bonds. The first-order chi connectivity index (χ1) is 12.0. The van der Waals surface area contributed by atoms with Gasteiger partial charge in [-0.1, -0.05) is 0 Å². The van der Waals surface area contributed by atoms with Gasteiger partial charge in [0.25, 0.3) is 0 Å². The highest BCUT2D eigenvalue weighted by molar-refractivity contribution is 7.81. The summed E-state index contributed by atoms with van der Waals surface area (Å²) in [5, 5.41) is 49.8. The number of hydrogen-bond donors (Lipinski definition) is 5. The van der Waals surface area contributed by atoms with Crippen LogP contribution in [0, 0.1) is 0 Å². The molecule has 2 rings (SSSR count). The predicted molar refractivity (Wildman–Crippen MR) is 80.6 cm³/mol. The van der Waals surface area contributed by atoms with E-state index < -0.39 is 71.8 Å². The normalized spacial score (nSPS) is 47.7. The molecule has 0 saturated carbocycles.